The lowest BCUT2D eigenvalue weighted by Gasteiger charge is -2.03. The van der Waals surface area contributed by atoms with Crippen molar-refractivity contribution >= 4 is 20.9 Å². The molecule has 2 rings (SSSR count). The van der Waals surface area contributed by atoms with Crippen molar-refractivity contribution < 1.29 is 8.42 Å². The van der Waals surface area contributed by atoms with Gasteiger partial charge in [0.2, 0.25) is 10.0 Å². The van der Waals surface area contributed by atoms with E-state index in [-0.39, 0.29) is 6.54 Å². The molecule has 0 atom stereocenters. The number of nitrogens with one attached hydrogen (secondary N) is 1. The SMILES string of the molecule is CS(=O)(=O)NCc1ccc2ccccc2n1. The molecule has 0 unspecified atom stereocenters. The molecule has 0 radical (unpaired) electrons. The second kappa shape index (κ2) is 4.19. The maximum absolute atomic E-state index is 10.9. The first-order valence-electron chi connectivity index (χ1n) is 4.84. The number of hydrogen-bond donors (Lipinski definition) is 1. The minimum atomic E-state index is -3.17. The third kappa shape index (κ3) is 2.77. The van der Waals surface area contributed by atoms with E-state index in [0.29, 0.717) is 5.69 Å². The quantitative estimate of drug-likeness (QED) is 0.873. The highest BCUT2D eigenvalue weighted by molar-refractivity contribution is 7.88. The zero-order valence-corrected chi connectivity index (χ0v) is 9.66. The maximum Gasteiger partial charge on any atom is 0.209 e. The molecule has 1 heterocycles. The summed E-state index contributed by atoms with van der Waals surface area (Å²) in [5, 5.41) is 1.05. The predicted octanol–water partition coefficient (Wildman–Crippen LogP) is 1.28. The summed E-state index contributed by atoms with van der Waals surface area (Å²) >= 11 is 0. The Hall–Kier alpha value is -1.46. The smallest absolute Gasteiger partial charge is 0.209 e. The third-order valence-electron chi connectivity index (χ3n) is 2.17. The van der Waals surface area contributed by atoms with Crippen LogP contribution in [0.4, 0.5) is 0 Å². The lowest BCUT2D eigenvalue weighted by molar-refractivity contribution is 0.587. The van der Waals surface area contributed by atoms with E-state index < -0.39 is 10.0 Å². The van der Waals surface area contributed by atoms with Crippen LogP contribution in [0.5, 0.6) is 0 Å². The van der Waals surface area contributed by atoms with Gasteiger partial charge in [-0.3, -0.25) is 4.98 Å². The van der Waals surface area contributed by atoms with E-state index in [1.807, 2.05) is 36.4 Å². The molecule has 1 N–H and O–H groups in total. The zero-order chi connectivity index (χ0) is 11.6. The van der Waals surface area contributed by atoms with Gasteiger partial charge in [0, 0.05) is 5.39 Å². The molecule has 84 valence electrons. The molecule has 5 heteroatoms. The first-order valence-corrected chi connectivity index (χ1v) is 6.73. The largest absolute Gasteiger partial charge is 0.251 e. The summed E-state index contributed by atoms with van der Waals surface area (Å²) in [7, 11) is -3.17. The van der Waals surface area contributed by atoms with Crippen LogP contribution in [0.15, 0.2) is 36.4 Å². The topological polar surface area (TPSA) is 59.1 Å². The van der Waals surface area contributed by atoms with E-state index in [9.17, 15) is 8.42 Å². The second-order valence-corrected chi connectivity index (χ2v) is 5.42. The van der Waals surface area contributed by atoms with Crippen LogP contribution in [0.3, 0.4) is 0 Å². The van der Waals surface area contributed by atoms with Gasteiger partial charge in [0.25, 0.3) is 0 Å². The van der Waals surface area contributed by atoms with Crippen molar-refractivity contribution in [1.29, 1.82) is 0 Å². The Labute approximate surface area is 94.4 Å². The molecule has 0 saturated carbocycles. The maximum atomic E-state index is 10.9. The average molecular weight is 236 g/mol. The number of pyridine rings is 1. The highest BCUT2D eigenvalue weighted by Crippen LogP contribution is 2.11. The van der Waals surface area contributed by atoms with E-state index in [1.165, 1.54) is 0 Å². The molecule has 1 aromatic heterocycles. The minimum Gasteiger partial charge on any atom is -0.251 e. The summed E-state index contributed by atoms with van der Waals surface area (Å²) in [6.07, 6.45) is 1.13. The number of rotatable bonds is 3. The van der Waals surface area contributed by atoms with Crippen molar-refractivity contribution in [2.24, 2.45) is 0 Å². The molecule has 2 aromatic rings. The fourth-order valence-corrected chi connectivity index (χ4v) is 1.82. The molecule has 0 saturated heterocycles. The number of hydrogen-bond acceptors (Lipinski definition) is 3. The molecular formula is C11H12N2O2S. The number of nitrogens with zero attached hydrogens (tertiary/aromatic N) is 1. The Kier molecular flexibility index (Phi) is 2.89. The van der Waals surface area contributed by atoms with Gasteiger partial charge in [0.15, 0.2) is 0 Å². The average Bonchev–Trinajstić information content (AvgIpc) is 2.25. The monoisotopic (exact) mass is 236 g/mol. The van der Waals surface area contributed by atoms with Crippen LogP contribution in [-0.2, 0) is 16.6 Å². The molecule has 0 aliphatic rings. The fourth-order valence-electron chi connectivity index (χ4n) is 1.41. The van der Waals surface area contributed by atoms with Gasteiger partial charge in [0.05, 0.1) is 24.0 Å². The molecule has 0 aliphatic carbocycles. The van der Waals surface area contributed by atoms with Gasteiger partial charge in [-0.05, 0) is 12.1 Å². The lowest BCUT2D eigenvalue weighted by Crippen LogP contribution is -2.21. The summed E-state index contributed by atoms with van der Waals surface area (Å²) in [6, 6.07) is 11.5. The lowest BCUT2D eigenvalue weighted by atomic mass is 10.2. The normalized spacial score (nSPS) is 11.8. The van der Waals surface area contributed by atoms with Crippen molar-refractivity contribution in [3.63, 3.8) is 0 Å². The zero-order valence-electron chi connectivity index (χ0n) is 8.84. The Bertz CT molecular complexity index is 608. The van der Waals surface area contributed by atoms with Crippen molar-refractivity contribution in [3.05, 3.63) is 42.1 Å². The Morgan fingerprint density at radius 3 is 2.69 bits per heavy atom. The number of benzene rings is 1. The van der Waals surface area contributed by atoms with Gasteiger partial charge in [-0.15, -0.1) is 0 Å². The second-order valence-electron chi connectivity index (χ2n) is 3.59. The summed E-state index contributed by atoms with van der Waals surface area (Å²) < 4.78 is 24.3. The van der Waals surface area contributed by atoms with E-state index in [4.69, 9.17) is 0 Å². The third-order valence-corrected chi connectivity index (χ3v) is 2.84. The van der Waals surface area contributed by atoms with Gasteiger partial charge in [-0.25, -0.2) is 13.1 Å². The van der Waals surface area contributed by atoms with Crippen LogP contribution in [0.2, 0.25) is 0 Å². The first kappa shape index (κ1) is 11.0. The van der Waals surface area contributed by atoms with Crippen molar-refractivity contribution in [3.8, 4) is 0 Å². The fraction of sp³-hybridized carbons (Fsp3) is 0.182. The first-order chi connectivity index (χ1) is 7.54. The molecular weight excluding hydrogens is 224 g/mol. The molecule has 4 nitrogen and oxygen atoms in total. The Balaban J connectivity index is 2.26. The molecule has 0 spiro atoms. The van der Waals surface area contributed by atoms with Gasteiger partial charge >= 0.3 is 0 Å². The van der Waals surface area contributed by atoms with Crippen LogP contribution in [0, 0.1) is 0 Å². The van der Waals surface area contributed by atoms with Crippen LogP contribution in [-0.4, -0.2) is 19.7 Å². The highest BCUT2D eigenvalue weighted by atomic mass is 32.2. The van der Waals surface area contributed by atoms with Crippen LogP contribution in [0.1, 0.15) is 5.69 Å². The number of fused-ring (bicyclic) bond motifs is 1. The van der Waals surface area contributed by atoms with E-state index in [2.05, 4.69) is 9.71 Å². The van der Waals surface area contributed by atoms with Gasteiger partial charge in [-0.1, -0.05) is 24.3 Å². The number of aromatic nitrogens is 1. The molecule has 0 aliphatic heterocycles. The Morgan fingerprint density at radius 2 is 1.94 bits per heavy atom. The van der Waals surface area contributed by atoms with Gasteiger partial charge in [0.1, 0.15) is 0 Å². The summed E-state index contributed by atoms with van der Waals surface area (Å²) in [5.41, 5.74) is 1.58. The van der Waals surface area contributed by atoms with E-state index in [1.54, 1.807) is 0 Å². The minimum absolute atomic E-state index is 0.226. The molecule has 0 bridgehead atoms. The van der Waals surface area contributed by atoms with Gasteiger partial charge < -0.3 is 0 Å². The number of para-hydroxylation sites is 1. The van der Waals surface area contributed by atoms with Crippen LogP contribution < -0.4 is 4.72 Å². The molecule has 1 aromatic carbocycles. The summed E-state index contributed by atoms with van der Waals surface area (Å²) in [6.45, 7) is 0.226. The molecule has 0 fully saturated rings. The highest BCUT2D eigenvalue weighted by Gasteiger charge is 2.02. The van der Waals surface area contributed by atoms with Crippen LogP contribution in [0.25, 0.3) is 10.9 Å². The summed E-state index contributed by atoms with van der Waals surface area (Å²) in [5.74, 6) is 0. The number of sulfonamides is 1. The van der Waals surface area contributed by atoms with Gasteiger partial charge in [-0.2, -0.15) is 0 Å². The van der Waals surface area contributed by atoms with Crippen molar-refractivity contribution in [2.75, 3.05) is 6.26 Å². The Morgan fingerprint density at radius 1 is 1.19 bits per heavy atom. The van der Waals surface area contributed by atoms with E-state index >= 15 is 0 Å². The van der Waals surface area contributed by atoms with Crippen molar-refractivity contribution in [1.82, 2.24) is 9.71 Å². The molecule has 0 amide bonds. The summed E-state index contributed by atoms with van der Waals surface area (Å²) in [4.78, 5) is 4.35. The molecule has 16 heavy (non-hydrogen) atoms. The standard InChI is InChI=1S/C11H12N2O2S/c1-16(14,15)12-8-10-7-6-9-4-2-3-5-11(9)13-10/h2-7,12H,8H2,1H3. The van der Waals surface area contributed by atoms with Crippen molar-refractivity contribution in [2.45, 2.75) is 6.54 Å². The predicted molar refractivity (Wildman–Crippen MR) is 63.4 cm³/mol. The van der Waals surface area contributed by atoms with E-state index in [0.717, 1.165) is 17.2 Å². The van der Waals surface area contributed by atoms with Crippen LogP contribution >= 0.6 is 0 Å².